The van der Waals surface area contributed by atoms with Gasteiger partial charge >= 0.3 is 0 Å². The molecule has 0 aliphatic carbocycles. The highest BCUT2D eigenvalue weighted by Crippen LogP contribution is 2.45. The third-order valence-corrected chi connectivity index (χ3v) is 3.89. The number of phenols is 1. The summed E-state index contributed by atoms with van der Waals surface area (Å²) in [6, 6.07) is 5.83. The Morgan fingerprint density at radius 1 is 1.47 bits per heavy atom. The molecule has 1 aromatic rings. The van der Waals surface area contributed by atoms with E-state index in [0.717, 1.165) is 31.6 Å². The Morgan fingerprint density at radius 2 is 2.33 bits per heavy atom. The van der Waals surface area contributed by atoms with Crippen LogP contribution in [-0.2, 0) is 6.42 Å². The van der Waals surface area contributed by atoms with Crippen LogP contribution in [0.5, 0.6) is 5.75 Å². The molecule has 2 heterocycles. The van der Waals surface area contributed by atoms with Crippen LogP contribution in [0, 0.1) is 0 Å². The fourth-order valence-corrected chi connectivity index (χ4v) is 2.99. The number of nitrogens with zero attached hydrogens (tertiary/aromatic N) is 1. The SMILES string of the molecule is CN1c2c(O)cccc2CC12CCNC2. The number of anilines is 1. The molecule has 0 radical (unpaired) electrons. The summed E-state index contributed by atoms with van der Waals surface area (Å²) in [4.78, 5) is 2.26. The van der Waals surface area contributed by atoms with Gasteiger partial charge in [-0.1, -0.05) is 12.1 Å². The molecule has 15 heavy (non-hydrogen) atoms. The number of hydrogen-bond acceptors (Lipinski definition) is 3. The second kappa shape index (κ2) is 2.89. The van der Waals surface area contributed by atoms with Crippen LogP contribution in [0.2, 0.25) is 0 Å². The Kier molecular flexibility index (Phi) is 1.74. The van der Waals surface area contributed by atoms with Gasteiger partial charge in [0.25, 0.3) is 0 Å². The number of rotatable bonds is 0. The van der Waals surface area contributed by atoms with Crippen LogP contribution >= 0.6 is 0 Å². The first kappa shape index (κ1) is 9.04. The van der Waals surface area contributed by atoms with E-state index in [1.165, 1.54) is 5.56 Å². The molecular formula is C12H16N2O. The number of likely N-dealkylation sites (N-methyl/N-ethyl adjacent to an activating group) is 1. The van der Waals surface area contributed by atoms with Crippen LogP contribution in [0.1, 0.15) is 12.0 Å². The summed E-state index contributed by atoms with van der Waals surface area (Å²) in [5, 5.41) is 13.3. The van der Waals surface area contributed by atoms with Crippen molar-refractivity contribution in [2.24, 2.45) is 0 Å². The van der Waals surface area contributed by atoms with Gasteiger partial charge in [-0.25, -0.2) is 0 Å². The second-order valence-electron chi connectivity index (χ2n) is 4.67. The normalized spacial score (nSPS) is 28.7. The van der Waals surface area contributed by atoms with Crippen molar-refractivity contribution in [3.05, 3.63) is 23.8 Å². The topological polar surface area (TPSA) is 35.5 Å². The number of phenolic OH excluding ortho intramolecular Hbond substituents is 1. The Morgan fingerprint density at radius 3 is 3.00 bits per heavy atom. The standard InChI is InChI=1S/C12H16N2O/c1-14-11-9(3-2-4-10(11)15)7-12(14)5-6-13-8-12/h2-4,13,15H,5-8H2,1H3. The first-order valence-electron chi connectivity index (χ1n) is 5.48. The maximum absolute atomic E-state index is 9.88. The minimum atomic E-state index is 0.209. The van der Waals surface area contributed by atoms with E-state index in [1.54, 1.807) is 6.07 Å². The van der Waals surface area contributed by atoms with Gasteiger partial charge in [-0.05, 0) is 31.0 Å². The first-order valence-corrected chi connectivity index (χ1v) is 5.48. The summed E-state index contributed by atoms with van der Waals surface area (Å²) in [5.74, 6) is 0.416. The minimum Gasteiger partial charge on any atom is -0.506 e. The molecule has 3 rings (SSSR count). The molecule has 1 saturated heterocycles. The summed E-state index contributed by atoms with van der Waals surface area (Å²) in [7, 11) is 2.10. The summed E-state index contributed by atoms with van der Waals surface area (Å²) in [6.07, 6.45) is 2.22. The smallest absolute Gasteiger partial charge is 0.139 e. The zero-order valence-corrected chi connectivity index (χ0v) is 8.95. The molecule has 1 spiro atoms. The van der Waals surface area contributed by atoms with Crippen LogP contribution in [0.4, 0.5) is 5.69 Å². The van der Waals surface area contributed by atoms with Gasteiger partial charge in [0, 0.05) is 13.6 Å². The Bertz CT molecular complexity index is 397. The summed E-state index contributed by atoms with van der Waals surface area (Å²) in [5.41, 5.74) is 2.52. The van der Waals surface area contributed by atoms with Gasteiger partial charge in [-0.2, -0.15) is 0 Å². The molecule has 3 heteroatoms. The molecular weight excluding hydrogens is 188 g/mol. The van der Waals surface area contributed by atoms with Crippen molar-refractivity contribution in [2.75, 3.05) is 25.0 Å². The van der Waals surface area contributed by atoms with Crippen LogP contribution < -0.4 is 10.2 Å². The fourth-order valence-electron chi connectivity index (χ4n) is 2.99. The van der Waals surface area contributed by atoms with Crippen LogP contribution in [-0.4, -0.2) is 30.8 Å². The summed E-state index contributed by atoms with van der Waals surface area (Å²) < 4.78 is 0. The van der Waals surface area contributed by atoms with Crippen LogP contribution in [0.15, 0.2) is 18.2 Å². The van der Waals surface area contributed by atoms with Gasteiger partial charge in [0.2, 0.25) is 0 Å². The number of hydrogen-bond donors (Lipinski definition) is 2. The lowest BCUT2D eigenvalue weighted by molar-refractivity contribution is 0.450. The number of benzene rings is 1. The Labute approximate surface area is 89.7 Å². The van der Waals surface area contributed by atoms with E-state index >= 15 is 0 Å². The third kappa shape index (κ3) is 1.10. The molecule has 80 valence electrons. The first-order chi connectivity index (χ1) is 7.23. The number of fused-ring (bicyclic) bond motifs is 1. The molecule has 1 aromatic carbocycles. The van der Waals surface area contributed by atoms with Crippen molar-refractivity contribution >= 4 is 5.69 Å². The van der Waals surface area contributed by atoms with E-state index in [9.17, 15) is 5.11 Å². The second-order valence-corrected chi connectivity index (χ2v) is 4.67. The molecule has 3 nitrogen and oxygen atoms in total. The lowest BCUT2D eigenvalue weighted by Gasteiger charge is -2.33. The molecule has 1 unspecified atom stereocenters. The molecule has 0 bridgehead atoms. The minimum absolute atomic E-state index is 0.209. The zero-order chi connectivity index (χ0) is 10.5. The highest BCUT2D eigenvalue weighted by molar-refractivity contribution is 5.69. The molecule has 2 N–H and O–H groups in total. The van der Waals surface area contributed by atoms with E-state index in [-0.39, 0.29) is 5.54 Å². The summed E-state index contributed by atoms with van der Waals surface area (Å²) >= 11 is 0. The Hall–Kier alpha value is -1.22. The largest absolute Gasteiger partial charge is 0.506 e. The van der Waals surface area contributed by atoms with E-state index < -0.39 is 0 Å². The van der Waals surface area contributed by atoms with E-state index in [4.69, 9.17) is 0 Å². The van der Waals surface area contributed by atoms with Crippen molar-refractivity contribution in [1.82, 2.24) is 5.32 Å². The molecule has 1 fully saturated rings. The molecule has 2 aliphatic heterocycles. The maximum Gasteiger partial charge on any atom is 0.139 e. The number of aromatic hydroxyl groups is 1. The van der Waals surface area contributed by atoms with Crippen molar-refractivity contribution in [3.8, 4) is 5.75 Å². The highest BCUT2D eigenvalue weighted by atomic mass is 16.3. The molecule has 1 atom stereocenters. The van der Waals surface area contributed by atoms with Crippen molar-refractivity contribution in [2.45, 2.75) is 18.4 Å². The fraction of sp³-hybridized carbons (Fsp3) is 0.500. The number of para-hydroxylation sites is 1. The lowest BCUT2D eigenvalue weighted by Crippen LogP contribution is -2.46. The van der Waals surface area contributed by atoms with Crippen molar-refractivity contribution in [1.29, 1.82) is 0 Å². The highest BCUT2D eigenvalue weighted by Gasteiger charge is 2.44. The maximum atomic E-state index is 9.88. The third-order valence-electron chi connectivity index (χ3n) is 3.89. The van der Waals surface area contributed by atoms with Gasteiger partial charge in [-0.15, -0.1) is 0 Å². The number of nitrogens with one attached hydrogen (secondary N) is 1. The van der Waals surface area contributed by atoms with E-state index in [2.05, 4.69) is 23.3 Å². The quantitative estimate of drug-likeness (QED) is 0.664. The monoisotopic (exact) mass is 204 g/mol. The van der Waals surface area contributed by atoms with Gasteiger partial charge in [0.05, 0.1) is 11.2 Å². The van der Waals surface area contributed by atoms with Gasteiger partial charge in [-0.3, -0.25) is 0 Å². The summed E-state index contributed by atoms with van der Waals surface area (Å²) in [6.45, 7) is 2.11. The molecule has 2 aliphatic rings. The predicted octanol–water partition coefficient (Wildman–Crippen LogP) is 1.12. The van der Waals surface area contributed by atoms with Crippen molar-refractivity contribution < 1.29 is 5.11 Å². The zero-order valence-electron chi connectivity index (χ0n) is 8.95. The lowest BCUT2D eigenvalue weighted by atomic mass is 9.93. The van der Waals surface area contributed by atoms with Gasteiger partial charge < -0.3 is 15.3 Å². The van der Waals surface area contributed by atoms with Gasteiger partial charge in [0.1, 0.15) is 5.75 Å². The molecule has 0 amide bonds. The van der Waals surface area contributed by atoms with Crippen LogP contribution in [0.25, 0.3) is 0 Å². The molecule has 0 saturated carbocycles. The average molecular weight is 204 g/mol. The Balaban J connectivity index is 2.08. The average Bonchev–Trinajstić information content (AvgIpc) is 2.76. The van der Waals surface area contributed by atoms with Gasteiger partial charge in [0.15, 0.2) is 0 Å². The van der Waals surface area contributed by atoms with E-state index in [1.807, 2.05) is 6.07 Å². The molecule has 0 aromatic heterocycles. The van der Waals surface area contributed by atoms with Crippen molar-refractivity contribution in [3.63, 3.8) is 0 Å². The predicted molar refractivity (Wildman–Crippen MR) is 60.4 cm³/mol. The van der Waals surface area contributed by atoms with E-state index in [0.29, 0.717) is 5.75 Å². The van der Waals surface area contributed by atoms with Crippen LogP contribution in [0.3, 0.4) is 0 Å².